The van der Waals surface area contributed by atoms with Crippen molar-refractivity contribution < 1.29 is 4.74 Å². The van der Waals surface area contributed by atoms with Crippen molar-refractivity contribution in [3.8, 4) is 5.75 Å². The van der Waals surface area contributed by atoms with Crippen molar-refractivity contribution in [2.45, 2.75) is 5.66 Å². The first kappa shape index (κ1) is 9.73. The Morgan fingerprint density at radius 1 is 1.33 bits per heavy atom. The van der Waals surface area contributed by atoms with Gasteiger partial charge < -0.3 is 15.8 Å². The minimum atomic E-state index is -0.721. The lowest BCUT2D eigenvalue weighted by molar-refractivity contribution is 0.414. The highest BCUT2D eigenvalue weighted by molar-refractivity contribution is 5.73. The van der Waals surface area contributed by atoms with Gasteiger partial charge in [0.1, 0.15) is 11.4 Å². The van der Waals surface area contributed by atoms with Crippen LogP contribution in [-0.2, 0) is 5.66 Å². The van der Waals surface area contributed by atoms with Crippen molar-refractivity contribution in [3.63, 3.8) is 0 Å². The number of nitrogens with one attached hydrogen (secondary N) is 1. The first-order valence-corrected chi connectivity index (χ1v) is 4.65. The van der Waals surface area contributed by atoms with Crippen LogP contribution in [0.4, 0.5) is 0 Å². The van der Waals surface area contributed by atoms with E-state index in [2.05, 4.69) is 10.3 Å². The van der Waals surface area contributed by atoms with Crippen molar-refractivity contribution in [1.29, 1.82) is 0 Å². The number of methoxy groups -OCH3 is 1. The lowest BCUT2D eigenvalue weighted by Crippen LogP contribution is -2.50. The quantitative estimate of drug-likeness (QED) is 0.752. The minimum absolute atomic E-state index is 0.721. The van der Waals surface area contributed by atoms with Gasteiger partial charge in [-0.2, -0.15) is 0 Å². The Balaban J connectivity index is 2.29. The third-order valence-electron chi connectivity index (χ3n) is 2.33. The molecule has 15 heavy (non-hydrogen) atoms. The lowest BCUT2D eigenvalue weighted by Gasteiger charge is -2.27. The SMILES string of the molecule is COc1ccc(C2(N)C=NC=CN2)cc1. The zero-order valence-corrected chi connectivity index (χ0v) is 8.47. The number of rotatable bonds is 2. The molecule has 1 aromatic carbocycles. The molecule has 0 saturated carbocycles. The van der Waals surface area contributed by atoms with Gasteiger partial charge in [-0.25, -0.2) is 0 Å². The fourth-order valence-corrected chi connectivity index (χ4v) is 1.44. The molecule has 0 spiro atoms. The van der Waals surface area contributed by atoms with E-state index >= 15 is 0 Å². The number of nitrogens with zero attached hydrogens (tertiary/aromatic N) is 1. The van der Waals surface area contributed by atoms with Gasteiger partial charge in [-0.3, -0.25) is 4.99 Å². The zero-order chi connectivity index (χ0) is 10.7. The number of nitrogens with two attached hydrogens (primary N) is 1. The largest absolute Gasteiger partial charge is 0.497 e. The summed E-state index contributed by atoms with van der Waals surface area (Å²) < 4.78 is 5.08. The summed E-state index contributed by atoms with van der Waals surface area (Å²) in [5, 5.41) is 3.06. The maximum Gasteiger partial charge on any atom is 0.149 e. The Kier molecular flexibility index (Phi) is 2.43. The van der Waals surface area contributed by atoms with Gasteiger partial charge in [-0.15, -0.1) is 0 Å². The number of hydrogen-bond acceptors (Lipinski definition) is 4. The number of hydrogen-bond donors (Lipinski definition) is 2. The molecule has 4 heteroatoms. The van der Waals surface area contributed by atoms with Gasteiger partial charge in [-0.1, -0.05) is 12.1 Å². The first-order chi connectivity index (χ1) is 7.24. The average Bonchev–Trinajstić information content (AvgIpc) is 2.30. The van der Waals surface area contributed by atoms with Crippen LogP contribution in [0.2, 0.25) is 0 Å². The first-order valence-electron chi connectivity index (χ1n) is 4.65. The van der Waals surface area contributed by atoms with E-state index < -0.39 is 5.66 Å². The molecule has 2 rings (SSSR count). The van der Waals surface area contributed by atoms with Crippen LogP contribution in [0.3, 0.4) is 0 Å². The van der Waals surface area contributed by atoms with E-state index in [1.807, 2.05) is 24.3 Å². The standard InChI is InChI=1S/C11H13N3O/c1-15-10-4-2-9(3-5-10)11(12)8-13-6-7-14-11/h2-8,14H,12H2,1H3. The predicted octanol–water partition coefficient (Wildman–Crippen LogP) is 0.952. The van der Waals surface area contributed by atoms with Crippen molar-refractivity contribution in [2.24, 2.45) is 10.7 Å². The number of benzene rings is 1. The summed E-state index contributed by atoms with van der Waals surface area (Å²) in [5.74, 6) is 0.811. The maximum absolute atomic E-state index is 6.12. The van der Waals surface area contributed by atoms with E-state index in [9.17, 15) is 0 Å². The molecule has 0 radical (unpaired) electrons. The average molecular weight is 203 g/mol. The summed E-state index contributed by atoms with van der Waals surface area (Å²) in [5.41, 5.74) is 6.34. The molecule has 0 fully saturated rings. The van der Waals surface area contributed by atoms with Gasteiger partial charge in [0.25, 0.3) is 0 Å². The normalized spacial score (nSPS) is 23.6. The van der Waals surface area contributed by atoms with Crippen LogP contribution in [0.25, 0.3) is 0 Å². The Hall–Kier alpha value is -1.81. The predicted molar refractivity (Wildman–Crippen MR) is 59.6 cm³/mol. The van der Waals surface area contributed by atoms with Crippen LogP contribution >= 0.6 is 0 Å². The second kappa shape index (κ2) is 3.74. The molecule has 1 aromatic rings. The molecule has 0 aromatic heterocycles. The minimum Gasteiger partial charge on any atom is -0.497 e. The lowest BCUT2D eigenvalue weighted by atomic mass is 10.0. The second-order valence-corrected chi connectivity index (χ2v) is 3.34. The fraction of sp³-hybridized carbons (Fsp3) is 0.182. The summed E-state index contributed by atoms with van der Waals surface area (Å²) in [6.07, 6.45) is 5.06. The van der Waals surface area contributed by atoms with Gasteiger partial charge in [0.2, 0.25) is 0 Å². The molecule has 0 aliphatic carbocycles. The van der Waals surface area contributed by atoms with Gasteiger partial charge >= 0.3 is 0 Å². The van der Waals surface area contributed by atoms with Crippen LogP contribution in [0.1, 0.15) is 5.56 Å². The highest BCUT2D eigenvalue weighted by Gasteiger charge is 2.24. The van der Waals surface area contributed by atoms with Gasteiger partial charge in [0.05, 0.1) is 7.11 Å². The van der Waals surface area contributed by atoms with Gasteiger partial charge in [-0.05, 0) is 17.7 Å². The van der Waals surface area contributed by atoms with Crippen molar-refractivity contribution in [3.05, 3.63) is 42.2 Å². The van der Waals surface area contributed by atoms with Crippen molar-refractivity contribution >= 4 is 6.21 Å². The van der Waals surface area contributed by atoms with E-state index in [0.717, 1.165) is 11.3 Å². The third-order valence-corrected chi connectivity index (χ3v) is 2.33. The van der Waals surface area contributed by atoms with Crippen molar-refractivity contribution in [2.75, 3.05) is 7.11 Å². The summed E-state index contributed by atoms with van der Waals surface area (Å²) in [6, 6.07) is 7.57. The molecule has 0 bridgehead atoms. The summed E-state index contributed by atoms with van der Waals surface area (Å²) in [7, 11) is 1.64. The molecule has 1 aliphatic rings. The van der Waals surface area contributed by atoms with Crippen molar-refractivity contribution in [1.82, 2.24) is 5.32 Å². The molecule has 1 unspecified atom stereocenters. The molecule has 0 amide bonds. The molecule has 3 N–H and O–H groups in total. The highest BCUT2D eigenvalue weighted by atomic mass is 16.5. The maximum atomic E-state index is 6.12. The van der Waals surface area contributed by atoms with Crippen LogP contribution in [-0.4, -0.2) is 13.3 Å². The van der Waals surface area contributed by atoms with Gasteiger partial charge in [0.15, 0.2) is 0 Å². The molecule has 1 atom stereocenters. The molecular weight excluding hydrogens is 190 g/mol. The van der Waals surface area contributed by atoms with Crippen LogP contribution in [0, 0.1) is 0 Å². The Morgan fingerprint density at radius 2 is 2.07 bits per heavy atom. The molecule has 78 valence electrons. The van der Waals surface area contributed by atoms with Crippen LogP contribution in [0.5, 0.6) is 5.75 Å². The Bertz CT molecular complexity index is 397. The summed E-state index contributed by atoms with van der Waals surface area (Å²) in [4.78, 5) is 4.02. The smallest absolute Gasteiger partial charge is 0.149 e. The van der Waals surface area contributed by atoms with E-state index in [1.165, 1.54) is 0 Å². The highest BCUT2D eigenvalue weighted by Crippen LogP contribution is 2.19. The molecule has 0 saturated heterocycles. The monoisotopic (exact) mass is 203 g/mol. The molecule has 1 aliphatic heterocycles. The fourth-order valence-electron chi connectivity index (χ4n) is 1.44. The number of ether oxygens (including phenoxy) is 1. The van der Waals surface area contributed by atoms with Gasteiger partial charge in [0, 0.05) is 18.6 Å². The van der Waals surface area contributed by atoms with E-state index in [0.29, 0.717) is 0 Å². The zero-order valence-electron chi connectivity index (χ0n) is 8.47. The molecular formula is C11H13N3O. The Labute approximate surface area is 88.5 Å². The summed E-state index contributed by atoms with van der Waals surface area (Å²) in [6.45, 7) is 0. The van der Waals surface area contributed by atoms with Crippen LogP contribution < -0.4 is 15.8 Å². The number of aliphatic imine (C=N–C) groups is 1. The van der Waals surface area contributed by atoms with E-state index in [-0.39, 0.29) is 0 Å². The topological polar surface area (TPSA) is 59.6 Å². The second-order valence-electron chi connectivity index (χ2n) is 3.34. The van der Waals surface area contributed by atoms with E-state index in [4.69, 9.17) is 10.5 Å². The van der Waals surface area contributed by atoms with Crippen LogP contribution in [0.15, 0.2) is 41.7 Å². The third kappa shape index (κ3) is 1.85. The molecule has 4 nitrogen and oxygen atoms in total. The van der Waals surface area contributed by atoms with E-state index in [1.54, 1.807) is 25.7 Å². The Morgan fingerprint density at radius 3 is 2.60 bits per heavy atom. The summed E-state index contributed by atoms with van der Waals surface area (Å²) >= 11 is 0. The molecule has 1 heterocycles.